The van der Waals surface area contributed by atoms with Crippen molar-refractivity contribution in [2.45, 2.75) is 61.4 Å². The number of carboxylic acid groups (broad SMARTS) is 1. The normalized spacial score (nSPS) is 35.7. The highest BCUT2D eigenvalue weighted by Crippen LogP contribution is 2.60. The summed E-state index contributed by atoms with van der Waals surface area (Å²) >= 11 is 0. The maximum Gasteiger partial charge on any atom is 0.309 e. The summed E-state index contributed by atoms with van der Waals surface area (Å²) in [5.41, 5.74) is -1.07. The molecule has 5 aliphatic carbocycles. The van der Waals surface area contributed by atoms with Crippen LogP contribution in [0.4, 0.5) is 0 Å². The molecule has 0 aromatic heterocycles. The van der Waals surface area contributed by atoms with Crippen molar-refractivity contribution >= 4 is 35.2 Å². The number of carbonyl (C=O) groups is 2. The van der Waals surface area contributed by atoms with Crippen molar-refractivity contribution in [3.05, 3.63) is 24.3 Å². The number of amides is 1. The first-order valence-electron chi connectivity index (χ1n) is 10.8. The van der Waals surface area contributed by atoms with Crippen molar-refractivity contribution in [3.63, 3.8) is 0 Å². The number of nitrogens with one attached hydrogen (secondary N) is 2. The van der Waals surface area contributed by atoms with Crippen LogP contribution in [0.5, 0.6) is 0 Å². The molecule has 2 unspecified atom stereocenters. The van der Waals surface area contributed by atoms with Crippen LogP contribution in [0.1, 0.15) is 44.9 Å². The summed E-state index contributed by atoms with van der Waals surface area (Å²) in [6, 6.07) is 6.69. The number of aliphatic carboxylic acids is 1. The van der Waals surface area contributed by atoms with Gasteiger partial charge in [0.05, 0.1) is 10.3 Å². The molecule has 0 aliphatic heterocycles. The monoisotopic (exact) mass is 430 g/mol. The Bertz CT molecular complexity index is 1010. The quantitative estimate of drug-likeness (QED) is 0.557. The van der Waals surface area contributed by atoms with Gasteiger partial charge in [-0.2, -0.15) is 4.72 Å². The zero-order chi connectivity index (χ0) is 21.3. The largest absolute Gasteiger partial charge is 0.481 e. The Balaban J connectivity index is 1.32. The second-order valence-electron chi connectivity index (χ2n) is 10.0. The minimum Gasteiger partial charge on any atom is -0.481 e. The van der Waals surface area contributed by atoms with E-state index in [2.05, 4.69) is 10.0 Å². The number of hydrogen-bond donors (Lipinski definition) is 3. The molecule has 1 amide bonds. The first kappa shape index (κ1) is 20.1. The molecule has 6 rings (SSSR count). The van der Waals surface area contributed by atoms with Gasteiger partial charge in [0.25, 0.3) is 0 Å². The van der Waals surface area contributed by atoms with E-state index in [1.807, 2.05) is 0 Å². The second kappa shape index (κ2) is 6.56. The van der Waals surface area contributed by atoms with E-state index in [9.17, 15) is 23.1 Å². The molecule has 30 heavy (non-hydrogen) atoms. The third-order valence-electron chi connectivity index (χ3n) is 7.92. The Hall–Kier alpha value is -1.87. The van der Waals surface area contributed by atoms with Crippen LogP contribution in [-0.4, -0.2) is 44.8 Å². The van der Waals surface area contributed by atoms with Gasteiger partial charge < -0.3 is 10.4 Å². The van der Waals surface area contributed by atoms with Crippen LogP contribution < -0.4 is 15.5 Å². The Labute approximate surface area is 177 Å². The van der Waals surface area contributed by atoms with Crippen molar-refractivity contribution in [2.75, 3.05) is 0 Å². The van der Waals surface area contributed by atoms with E-state index < -0.39 is 26.9 Å². The average Bonchev–Trinajstić information content (AvgIpc) is 3.44. The number of carboxylic acids is 1. The van der Waals surface area contributed by atoms with Crippen molar-refractivity contribution < 1.29 is 23.1 Å². The van der Waals surface area contributed by atoms with E-state index in [0.717, 1.165) is 19.3 Å². The molecule has 2 atom stereocenters. The van der Waals surface area contributed by atoms with Crippen LogP contribution in [-0.2, 0) is 19.6 Å². The third kappa shape index (κ3) is 3.09. The van der Waals surface area contributed by atoms with Gasteiger partial charge >= 0.3 is 5.97 Å². The van der Waals surface area contributed by atoms with Gasteiger partial charge in [-0.3, -0.25) is 9.59 Å². The van der Waals surface area contributed by atoms with E-state index >= 15 is 0 Å². The van der Waals surface area contributed by atoms with E-state index in [1.54, 1.807) is 32.1 Å². The van der Waals surface area contributed by atoms with Crippen LogP contribution in [0, 0.1) is 23.2 Å². The Kier molecular flexibility index (Phi) is 4.39. The van der Waals surface area contributed by atoms with Crippen LogP contribution in [0.2, 0.25) is 0 Å². The summed E-state index contributed by atoms with van der Waals surface area (Å²) in [5.74, 6) is -0.195. The molecule has 4 bridgehead atoms. The molecule has 3 N–H and O–H groups in total. The molecule has 5 fully saturated rings. The highest BCUT2D eigenvalue weighted by molar-refractivity contribution is 7.89. The molecule has 5 aliphatic rings. The van der Waals surface area contributed by atoms with Crippen molar-refractivity contribution in [2.24, 2.45) is 23.2 Å². The number of sulfonamides is 1. The second-order valence-corrected chi connectivity index (χ2v) is 11.7. The fraction of sp³-hybridized carbons (Fsp3) is 0.619. The summed E-state index contributed by atoms with van der Waals surface area (Å²) < 4.78 is 28.5. The van der Waals surface area contributed by atoms with Crippen LogP contribution in [0.3, 0.4) is 0 Å². The Morgan fingerprint density at radius 3 is 2.27 bits per heavy atom. The zero-order valence-electron chi connectivity index (χ0n) is 17.1. The zero-order valence-corrected chi connectivity index (χ0v) is 17.9. The fourth-order valence-electron chi connectivity index (χ4n) is 6.48. The predicted molar refractivity (Wildman–Crippen MR) is 112 cm³/mol. The lowest BCUT2D eigenvalue weighted by atomic mass is 9.48. The molecule has 160 valence electrons. The summed E-state index contributed by atoms with van der Waals surface area (Å²) in [7, 11) is -2.06. The van der Waals surface area contributed by atoms with Gasteiger partial charge in [0.1, 0.15) is 13.4 Å². The molecule has 0 radical (unpaired) electrons. The van der Waals surface area contributed by atoms with Crippen molar-refractivity contribution in [1.29, 1.82) is 0 Å². The van der Waals surface area contributed by atoms with E-state index in [1.165, 1.54) is 0 Å². The molecule has 0 heterocycles. The van der Waals surface area contributed by atoms with Crippen LogP contribution in [0.25, 0.3) is 0 Å². The first-order valence-corrected chi connectivity index (χ1v) is 12.3. The van der Waals surface area contributed by atoms with Crippen LogP contribution in [0.15, 0.2) is 29.2 Å². The highest BCUT2D eigenvalue weighted by Gasteiger charge is 2.60. The van der Waals surface area contributed by atoms with Gasteiger partial charge in [-0.1, -0.05) is 23.7 Å². The maximum absolute atomic E-state index is 13.2. The van der Waals surface area contributed by atoms with Crippen molar-refractivity contribution in [3.8, 4) is 0 Å². The van der Waals surface area contributed by atoms with Gasteiger partial charge in [0.2, 0.25) is 15.9 Å². The summed E-state index contributed by atoms with van der Waals surface area (Å²) in [6.07, 6.45) is 4.86. The predicted octanol–water partition coefficient (Wildman–Crippen LogP) is 0.152. The van der Waals surface area contributed by atoms with E-state index in [-0.39, 0.29) is 28.7 Å². The molecule has 1 aromatic rings. The number of rotatable bonds is 6. The minimum absolute atomic E-state index is 0.0537. The number of carbonyl (C=O) groups excluding carboxylic acids is 1. The summed E-state index contributed by atoms with van der Waals surface area (Å²) in [6.45, 7) is 0. The molecule has 7 nitrogen and oxygen atoms in total. The number of benzene rings is 1. The summed E-state index contributed by atoms with van der Waals surface area (Å²) in [4.78, 5) is 25.3. The Morgan fingerprint density at radius 1 is 1.07 bits per heavy atom. The van der Waals surface area contributed by atoms with Gasteiger partial charge in [0.15, 0.2) is 0 Å². The minimum atomic E-state index is -3.80. The summed E-state index contributed by atoms with van der Waals surface area (Å²) in [5, 5.41) is 12.9. The molecule has 5 saturated carbocycles. The lowest BCUT2D eigenvalue weighted by Crippen LogP contribution is -2.63. The maximum atomic E-state index is 13.2. The SMILES string of the molecule is Bc1ccccc1S(=O)(=O)NC1(C(=O)NC2C3CC4CC2CC(C(=O)O)(C4)C3)CC1. The molecule has 0 saturated heterocycles. The van der Waals surface area contributed by atoms with Gasteiger partial charge in [0, 0.05) is 6.04 Å². The van der Waals surface area contributed by atoms with Gasteiger partial charge in [-0.05, 0) is 68.8 Å². The number of hydrogen-bond acceptors (Lipinski definition) is 4. The topological polar surface area (TPSA) is 113 Å². The Morgan fingerprint density at radius 2 is 1.70 bits per heavy atom. The van der Waals surface area contributed by atoms with Gasteiger partial charge in [-0.25, -0.2) is 8.42 Å². The molecule has 9 heteroatoms. The lowest BCUT2D eigenvalue weighted by Gasteiger charge is -2.58. The smallest absolute Gasteiger partial charge is 0.309 e. The fourth-order valence-corrected chi connectivity index (χ4v) is 8.15. The van der Waals surface area contributed by atoms with E-state index in [0.29, 0.717) is 37.1 Å². The molecular weight excluding hydrogens is 403 g/mol. The molecule has 1 aromatic carbocycles. The van der Waals surface area contributed by atoms with Crippen molar-refractivity contribution in [1.82, 2.24) is 10.0 Å². The van der Waals surface area contributed by atoms with Crippen LogP contribution >= 0.6 is 0 Å². The average molecular weight is 430 g/mol. The molecular formula is C21H27BN2O5S. The first-order chi connectivity index (χ1) is 14.1. The standard InChI is InChI=1S/C21H27BN2O5S/c22-15-3-1-2-4-16(15)30(28,29)24-21(5-6-21)18(25)23-17-13-7-12-8-14(17)11-20(9-12,10-13)19(26)27/h1-4,12-14,17,24H,5-11,22H2,(H,23,25)(H,26,27). The molecule has 0 spiro atoms. The van der Waals surface area contributed by atoms with Gasteiger partial charge in [-0.15, -0.1) is 0 Å². The lowest BCUT2D eigenvalue weighted by molar-refractivity contribution is -0.167. The highest BCUT2D eigenvalue weighted by atomic mass is 32.2. The third-order valence-corrected chi connectivity index (χ3v) is 9.62. The van der Waals surface area contributed by atoms with E-state index in [4.69, 9.17) is 0 Å².